The van der Waals surface area contributed by atoms with Crippen molar-refractivity contribution in [1.29, 1.82) is 0 Å². The molecule has 0 bridgehead atoms. The predicted octanol–water partition coefficient (Wildman–Crippen LogP) is 5.46. The molecule has 0 atom stereocenters. The summed E-state index contributed by atoms with van der Waals surface area (Å²) in [6, 6.07) is 26.7. The zero-order valence-corrected chi connectivity index (χ0v) is 16.4. The van der Waals surface area contributed by atoms with Crippen molar-refractivity contribution < 1.29 is 18.7 Å². The molecule has 0 saturated carbocycles. The molecule has 0 spiro atoms. The maximum Gasteiger partial charge on any atom is 0.311 e. The average Bonchev–Trinajstić information content (AvgIpc) is 3.28. The van der Waals surface area contributed by atoms with Crippen LogP contribution in [0.3, 0.4) is 0 Å². The van der Waals surface area contributed by atoms with E-state index in [4.69, 9.17) is 13.9 Å². The van der Waals surface area contributed by atoms with E-state index in [-0.39, 0.29) is 12.4 Å². The van der Waals surface area contributed by atoms with E-state index in [9.17, 15) is 4.79 Å². The van der Waals surface area contributed by atoms with Crippen molar-refractivity contribution in [2.75, 3.05) is 0 Å². The van der Waals surface area contributed by atoms with Gasteiger partial charge in [0.1, 0.15) is 18.1 Å². The highest BCUT2D eigenvalue weighted by atomic mass is 16.5. The van der Waals surface area contributed by atoms with Crippen LogP contribution in [0.15, 0.2) is 95.5 Å². The maximum atomic E-state index is 12.1. The number of hydrogen-bond donors (Lipinski definition) is 0. The Morgan fingerprint density at radius 2 is 1.50 bits per heavy atom. The molecule has 3 aromatic carbocycles. The lowest BCUT2D eigenvalue weighted by Crippen LogP contribution is -2.09. The molecule has 1 aromatic heterocycles. The number of esters is 1. The van der Waals surface area contributed by atoms with Gasteiger partial charge < -0.3 is 13.9 Å². The van der Waals surface area contributed by atoms with Crippen molar-refractivity contribution >= 4 is 5.97 Å². The summed E-state index contributed by atoms with van der Waals surface area (Å²) in [5.74, 6) is 2.05. The monoisotopic (exact) mass is 399 g/mol. The number of benzene rings is 3. The lowest BCUT2D eigenvalue weighted by Gasteiger charge is -2.08. The summed E-state index contributed by atoms with van der Waals surface area (Å²) >= 11 is 0. The third-order valence-corrected chi connectivity index (χ3v) is 4.46. The van der Waals surface area contributed by atoms with Gasteiger partial charge in [0, 0.05) is 12.0 Å². The number of carbonyl (C=O) groups excluding carboxylic acids is 1. The van der Waals surface area contributed by atoms with Crippen LogP contribution in [0.1, 0.15) is 17.9 Å². The van der Waals surface area contributed by atoms with Gasteiger partial charge in [0.2, 0.25) is 0 Å². The Hall–Kier alpha value is -3.86. The molecule has 0 N–H and O–H groups in total. The van der Waals surface area contributed by atoms with E-state index in [1.54, 1.807) is 30.5 Å². The summed E-state index contributed by atoms with van der Waals surface area (Å²) in [6.45, 7) is 0.487. The fourth-order valence-corrected chi connectivity index (χ4v) is 2.90. The predicted molar refractivity (Wildman–Crippen MR) is 113 cm³/mol. The van der Waals surface area contributed by atoms with E-state index in [2.05, 4.69) is 4.98 Å². The highest BCUT2D eigenvalue weighted by Crippen LogP contribution is 2.21. The molecule has 0 aliphatic heterocycles. The molecule has 5 heteroatoms. The first-order valence-electron chi connectivity index (χ1n) is 9.74. The summed E-state index contributed by atoms with van der Waals surface area (Å²) in [5.41, 5.74) is 2.04. The molecular formula is C25H21NO4. The Morgan fingerprint density at radius 1 is 0.833 bits per heavy atom. The first-order chi connectivity index (χ1) is 14.8. The molecule has 30 heavy (non-hydrogen) atoms. The number of rotatable bonds is 8. The zero-order valence-electron chi connectivity index (χ0n) is 16.4. The van der Waals surface area contributed by atoms with Crippen molar-refractivity contribution in [1.82, 2.24) is 4.98 Å². The summed E-state index contributed by atoms with van der Waals surface area (Å²) in [4.78, 5) is 16.4. The van der Waals surface area contributed by atoms with Gasteiger partial charge >= 0.3 is 5.97 Å². The first-order valence-corrected chi connectivity index (χ1v) is 9.74. The summed E-state index contributed by atoms with van der Waals surface area (Å²) < 4.78 is 16.8. The van der Waals surface area contributed by atoms with Crippen LogP contribution in [-0.2, 0) is 17.8 Å². The molecule has 0 aliphatic rings. The van der Waals surface area contributed by atoms with E-state index in [0.29, 0.717) is 36.2 Å². The SMILES string of the molecule is O=C(CCc1ncc(-c2ccccc2)o1)Oc1ccc(OCc2ccccc2)cc1. The minimum atomic E-state index is -0.340. The molecule has 1 heterocycles. The van der Waals surface area contributed by atoms with Gasteiger partial charge in [-0.15, -0.1) is 0 Å². The van der Waals surface area contributed by atoms with Gasteiger partial charge in [0.05, 0.1) is 12.6 Å². The Morgan fingerprint density at radius 3 is 2.23 bits per heavy atom. The smallest absolute Gasteiger partial charge is 0.311 e. The Kier molecular flexibility index (Phi) is 6.20. The van der Waals surface area contributed by atoms with E-state index in [1.165, 1.54) is 0 Å². The van der Waals surface area contributed by atoms with Crippen LogP contribution in [-0.4, -0.2) is 11.0 Å². The Balaban J connectivity index is 1.24. The zero-order chi connectivity index (χ0) is 20.6. The van der Waals surface area contributed by atoms with Crippen LogP contribution in [0.4, 0.5) is 0 Å². The quantitative estimate of drug-likeness (QED) is 0.291. The molecule has 0 saturated heterocycles. The number of hydrogen-bond acceptors (Lipinski definition) is 5. The van der Waals surface area contributed by atoms with E-state index in [1.807, 2.05) is 60.7 Å². The number of aromatic nitrogens is 1. The van der Waals surface area contributed by atoms with Crippen molar-refractivity contribution in [3.05, 3.63) is 103 Å². The van der Waals surface area contributed by atoms with Gasteiger partial charge in [-0.1, -0.05) is 60.7 Å². The second-order valence-electron chi connectivity index (χ2n) is 6.70. The van der Waals surface area contributed by atoms with Crippen LogP contribution in [0.5, 0.6) is 11.5 Å². The third-order valence-electron chi connectivity index (χ3n) is 4.46. The van der Waals surface area contributed by atoms with Crippen molar-refractivity contribution in [3.63, 3.8) is 0 Å². The van der Waals surface area contributed by atoms with Crippen LogP contribution in [0.25, 0.3) is 11.3 Å². The molecule has 150 valence electrons. The van der Waals surface area contributed by atoms with Gasteiger partial charge in [-0.05, 0) is 29.8 Å². The van der Waals surface area contributed by atoms with Crippen LogP contribution < -0.4 is 9.47 Å². The van der Waals surface area contributed by atoms with Gasteiger partial charge in [0.25, 0.3) is 0 Å². The molecule has 0 radical (unpaired) electrons. The number of ether oxygens (including phenoxy) is 2. The van der Waals surface area contributed by atoms with Gasteiger partial charge in [-0.3, -0.25) is 4.79 Å². The Labute approximate surface area is 174 Å². The van der Waals surface area contributed by atoms with E-state index < -0.39 is 0 Å². The number of aryl methyl sites for hydroxylation is 1. The number of carbonyl (C=O) groups is 1. The highest BCUT2D eigenvalue weighted by Gasteiger charge is 2.10. The minimum Gasteiger partial charge on any atom is -0.489 e. The summed E-state index contributed by atoms with van der Waals surface area (Å²) in [7, 11) is 0. The van der Waals surface area contributed by atoms with E-state index >= 15 is 0 Å². The first kappa shape index (κ1) is 19.5. The van der Waals surface area contributed by atoms with Crippen LogP contribution in [0, 0.1) is 0 Å². The Bertz CT molecular complexity index is 1070. The molecule has 0 unspecified atom stereocenters. The normalized spacial score (nSPS) is 10.5. The second kappa shape index (κ2) is 9.56. The van der Waals surface area contributed by atoms with Crippen LogP contribution >= 0.6 is 0 Å². The molecular weight excluding hydrogens is 378 g/mol. The maximum absolute atomic E-state index is 12.1. The van der Waals surface area contributed by atoms with Crippen LogP contribution in [0.2, 0.25) is 0 Å². The lowest BCUT2D eigenvalue weighted by molar-refractivity contribution is -0.134. The summed E-state index contributed by atoms with van der Waals surface area (Å²) in [5, 5.41) is 0. The second-order valence-corrected chi connectivity index (χ2v) is 6.70. The van der Waals surface area contributed by atoms with Crippen molar-refractivity contribution in [2.45, 2.75) is 19.4 Å². The van der Waals surface area contributed by atoms with Crippen molar-refractivity contribution in [2.24, 2.45) is 0 Å². The summed E-state index contributed by atoms with van der Waals surface area (Å²) in [6.07, 6.45) is 2.23. The van der Waals surface area contributed by atoms with Gasteiger partial charge in [0.15, 0.2) is 11.7 Å². The minimum absolute atomic E-state index is 0.182. The standard InChI is InChI=1S/C25H21NO4/c27-25(16-15-24-26-17-23(30-24)20-9-5-2-6-10-20)29-22-13-11-21(12-14-22)28-18-19-7-3-1-4-8-19/h1-14,17H,15-16,18H2. The van der Waals surface area contributed by atoms with Gasteiger partial charge in [-0.25, -0.2) is 4.98 Å². The topological polar surface area (TPSA) is 61.6 Å². The number of nitrogens with zero attached hydrogens (tertiary/aromatic N) is 1. The third kappa shape index (κ3) is 5.35. The van der Waals surface area contributed by atoms with Gasteiger partial charge in [-0.2, -0.15) is 0 Å². The van der Waals surface area contributed by atoms with Crippen molar-refractivity contribution in [3.8, 4) is 22.8 Å². The fourth-order valence-electron chi connectivity index (χ4n) is 2.90. The molecule has 0 aliphatic carbocycles. The average molecular weight is 399 g/mol. The fraction of sp³-hybridized carbons (Fsp3) is 0.120. The lowest BCUT2D eigenvalue weighted by atomic mass is 10.2. The van der Waals surface area contributed by atoms with E-state index in [0.717, 1.165) is 11.1 Å². The molecule has 4 aromatic rings. The molecule has 5 nitrogen and oxygen atoms in total. The molecule has 0 fully saturated rings. The molecule has 4 rings (SSSR count). The largest absolute Gasteiger partial charge is 0.489 e. The number of oxazole rings is 1. The molecule has 0 amide bonds. The highest BCUT2D eigenvalue weighted by molar-refractivity contribution is 5.72.